The van der Waals surface area contributed by atoms with Crippen molar-refractivity contribution in [3.8, 4) is 0 Å². The highest BCUT2D eigenvalue weighted by Gasteiger charge is 2.27. The summed E-state index contributed by atoms with van der Waals surface area (Å²) in [6, 6.07) is 6.66. The second kappa shape index (κ2) is 5.48. The third-order valence-corrected chi connectivity index (χ3v) is 6.08. The molecular weight excluding hydrogens is 272 g/mol. The molecule has 1 saturated heterocycles. The van der Waals surface area contributed by atoms with Crippen molar-refractivity contribution in [3.05, 3.63) is 29.8 Å². The van der Waals surface area contributed by atoms with Crippen molar-refractivity contribution in [2.45, 2.75) is 11.4 Å². The van der Waals surface area contributed by atoms with E-state index in [0.29, 0.717) is 31.1 Å². The van der Waals surface area contributed by atoms with Gasteiger partial charge in [-0.2, -0.15) is 4.31 Å². The summed E-state index contributed by atoms with van der Waals surface area (Å²) in [5, 5.41) is 0. The first kappa shape index (κ1) is 13.7. The van der Waals surface area contributed by atoms with Crippen LogP contribution in [-0.2, 0) is 27.4 Å². The molecule has 1 aliphatic heterocycles. The molecule has 1 fully saturated rings. The SMILES string of the molecule is NCc1cccc(S(=O)(=O)N2CCS(=O)CC2)c1. The smallest absolute Gasteiger partial charge is 0.243 e. The normalized spacial score (nSPS) is 18.9. The molecule has 1 aliphatic rings. The van der Waals surface area contributed by atoms with E-state index >= 15 is 0 Å². The lowest BCUT2D eigenvalue weighted by Gasteiger charge is -2.25. The predicted molar refractivity (Wildman–Crippen MR) is 71.0 cm³/mol. The molecule has 2 N–H and O–H groups in total. The van der Waals surface area contributed by atoms with Gasteiger partial charge in [0.25, 0.3) is 0 Å². The second-order valence-electron chi connectivity index (χ2n) is 4.10. The fourth-order valence-corrected chi connectivity index (χ4v) is 4.64. The summed E-state index contributed by atoms with van der Waals surface area (Å²) in [6.45, 7) is 0.955. The lowest BCUT2D eigenvalue weighted by atomic mass is 10.2. The standard InChI is InChI=1S/C11H16N2O3S2/c12-9-10-2-1-3-11(8-10)18(15,16)13-4-6-17(14)7-5-13/h1-3,8H,4-7,9,12H2. The highest BCUT2D eigenvalue weighted by atomic mass is 32.2. The van der Waals surface area contributed by atoms with Crippen LogP contribution in [0.15, 0.2) is 29.2 Å². The Bertz CT molecular complexity index is 547. The third kappa shape index (κ3) is 2.80. The molecule has 0 radical (unpaired) electrons. The molecule has 1 aromatic rings. The number of hydrogen-bond acceptors (Lipinski definition) is 4. The minimum atomic E-state index is -3.47. The predicted octanol–water partition coefficient (Wildman–Crippen LogP) is -0.102. The summed E-state index contributed by atoms with van der Waals surface area (Å²) in [4.78, 5) is 0.262. The van der Waals surface area contributed by atoms with Gasteiger partial charge in [-0.3, -0.25) is 4.21 Å². The van der Waals surface area contributed by atoms with Crippen LogP contribution in [-0.4, -0.2) is 41.5 Å². The molecule has 5 nitrogen and oxygen atoms in total. The lowest BCUT2D eigenvalue weighted by Crippen LogP contribution is -2.41. The molecule has 0 aliphatic carbocycles. The highest BCUT2D eigenvalue weighted by Crippen LogP contribution is 2.18. The van der Waals surface area contributed by atoms with Gasteiger partial charge in [0.05, 0.1) is 4.90 Å². The van der Waals surface area contributed by atoms with Crippen molar-refractivity contribution in [1.82, 2.24) is 4.31 Å². The summed E-state index contributed by atoms with van der Waals surface area (Å²) in [5.74, 6) is 0.825. The van der Waals surface area contributed by atoms with Crippen LogP contribution in [0.3, 0.4) is 0 Å². The quantitative estimate of drug-likeness (QED) is 0.842. The van der Waals surface area contributed by atoms with Crippen molar-refractivity contribution in [2.24, 2.45) is 5.73 Å². The molecule has 0 bridgehead atoms. The maximum absolute atomic E-state index is 12.3. The van der Waals surface area contributed by atoms with Crippen molar-refractivity contribution in [2.75, 3.05) is 24.6 Å². The molecule has 0 amide bonds. The fourth-order valence-electron chi connectivity index (χ4n) is 1.84. The van der Waals surface area contributed by atoms with Crippen LogP contribution in [0, 0.1) is 0 Å². The van der Waals surface area contributed by atoms with Gasteiger partial charge >= 0.3 is 0 Å². The molecule has 0 atom stereocenters. The van der Waals surface area contributed by atoms with E-state index in [0.717, 1.165) is 5.56 Å². The summed E-state index contributed by atoms with van der Waals surface area (Å²) in [7, 11) is -4.36. The van der Waals surface area contributed by atoms with E-state index in [1.807, 2.05) is 0 Å². The molecule has 18 heavy (non-hydrogen) atoms. The Balaban J connectivity index is 2.27. The van der Waals surface area contributed by atoms with Crippen LogP contribution in [0.2, 0.25) is 0 Å². The minimum Gasteiger partial charge on any atom is -0.326 e. The number of rotatable bonds is 3. The Kier molecular flexibility index (Phi) is 4.16. The first-order valence-electron chi connectivity index (χ1n) is 5.68. The zero-order valence-corrected chi connectivity index (χ0v) is 11.5. The first-order chi connectivity index (χ1) is 8.54. The fraction of sp³-hybridized carbons (Fsp3) is 0.455. The third-order valence-electron chi connectivity index (χ3n) is 2.91. The van der Waals surface area contributed by atoms with Gasteiger partial charge in [-0.05, 0) is 17.7 Å². The number of sulfonamides is 1. The number of nitrogens with zero attached hydrogens (tertiary/aromatic N) is 1. The van der Waals surface area contributed by atoms with Gasteiger partial charge in [-0.1, -0.05) is 12.1 Å². The number of benzene rings is 1. The average Bonchev–Trinajstić information content (AvgIpc) is 2.39. The molecule has 100 valence electrons. The molecule has 1 aromatic carbocycles. The van der Waals surface area contributed by atoms with E-state index in [-0.39, 0.29) is 4.90 Å². The van der Waals surface area contributed by atoms with Gasteiger partial charge in [-0.25, -0.2) is 8.42 Å². The lowest BCUT2D eigenvalue weighted by molar-refractivity contribution is 0.438. The van der Waals surface area contributed by atoms with Gasteiger partial charge in [0.15, 0.2) is 0 Å². The summed E-state index contributed by atoms with van der Waals surface area (Å²) in [5.41, 5.74) is 6.30. The summed E-state index contributed by atoms with van der Waals surface area (Å²) >= 11 is 0. The molecule has 7 heteroatoms. The Morgan fingerprint density at radius 2 is 1.94 bits per heavy atom. The topological polar surface area (TPSA) is 80.5 Å². The van der Waals surface area contributed by atoms with Crippen LogP contribution in [0.5, 0.6) is 0 Å². The zero-order valence-electron chi connectivity index (χ0n) is 9.91. The maximum Gasteiger partial charge on any atom is 0.243 e. The molecular formula is C11H16N2O3S2. The van der Waals surface area contributed by atoms with Gasteiger partial charge < -0.3 is 5.73 Å². The van der Waals surface area contributed by atoms with E-state index in [4.69, 9.17) is 5.73 Å². The molecule has 2 rings (SSSR count). The van der Waals surface area contributed by atoms with E-state index < -0.39 is 20.8 Å². The van der Waals surface area contributed by atoms with Crippen molar-refractivity contribution >= 4 is 20.8 Å². The Morgan fingerprint density at radius 3 is 2.56 bits per heavy atom. The number of hydrogen-bond donors (Lipinski definition) is 1. The first-order valence-corrected chi connectivity index (χ1v) is 8.61. The van der Waals surface area contributed by atoms with Crippen LogP contribution >= 0.6 is 0 Å². The van der Waals surface area contributed by atoms with Crippen LogP contribution in [0.4, 0.5) is 0 Å². The average molecular weight is 288 g/mol. The Morgan fingerprint density at radius 1 is 1.28 bits per heavy atom. The summed E-state index contributed by atoms with van der Waals surface area (Å²) < 4.78 is 37.3. The largest absolute Gasteiger partial charge is 0.326 e. The summed E-state index contributed by atoms with van der Waals surface area (Å²) in [6.07, 6.45) is 0. The highest BCUT2D eigenvalue weighted by molar-refractivity contribution is 7.89. The molecule has 0 aromatic heterocycles. The van der Waals surface area contributed by atoms with Gasteiger partial charge in [0.2, 0.25) is 10.0 Å². The van der Waals surface area contributed by atoms with Gasteiger partial charge in [0, 0.05) is 41.9 Å². The van der Waals surface area contributed by atoms with E-state index in [1.54, 1.807) is 24.3 Å². The minimum absolute atomic E-state index is 0.262. The van der Waals surface area contributed by atoms with Gasteiger partial charge in [-0.15, -0.1) is 0 Å². The second-order valence-corrected chi connectivity index (χ2v) is 7.74. The number of nitrogens with two attached hydrogens (primary N) is 1. The van der Waals surface area contributed by atoms with Crippen molar-refractivity contribution in [3.63, 3.8) is 0 Å². The molecule has 0 saturated carbocycles. The maximum atomic E-state index is 12.3. The molecule has 0 unspecified atom stereocenters. The van der Waals surface area contributed by atoms with Gasteiger partial charge in [0.1, 0.15) is 0 Å². The Labute approximate surface area is 109 Å². The van der Waals surface area contributed by atoms with Crippen molar-refractivity contribution in [1.29, 1.82) is 0 Å². The monoisotopic (exact) mass is 288 g/mol. The molecule has 0 spiro atoms. The van der Waals surface area contributed by atoms with Crippen LogP contribution < -0.4 is 5.73 Å². The van der Waals surface area contributed by atoms with E-state index in [9.17, 15) is 12.6 Å². The van der Waals surface area contributed by atoms with Crippen LogP contribution in [0.25, 0.3) is 0 Å². The van der Waals surface area contributed by atoms with Crippen molar-refractivity contribution < 1.29 is 12.6 Å². The van der Waals surface area contributed by atoms with E-state index in [1.165, 1.54) is 4.31 Å². The van der Waals surface area contributed by atoms with E-state index in [2.05, 4.69) is 0 Å². The Hall–Kier alpha value is -0.760. The zero-order chi connectivity index (χ0) is 13.2. The van der Waals surface area contributed by atoms with Crippen LogP contribution in [0.1, 0.15) is 5.56 Å². The molecule has 1 heterocycles.